The first-order chi connectivity index (χ1) is 12.9. The fourth-order valence-electron chi connectivity index (χ4n) is 2.58. The lowest BCUT2D eigenvalue weighted by molar-refractivity contribution is -0.137. The Kier molecular flexibility index (Phi) is 5.30. The largest absolute Gasteiger partial charge is 0.416 e. The molecule has 0 aliphatic heterocycles. The molecule has 2 N–H and O–H groups in total. The van der Waals surface area contributed by atoms with Crippen molar-refractivity contribution in [3.63, 3.8) is 0 Å². The highest BCUT2D eigenvalue weighted by atomic mass is 19.4. The minimum absolute atomic E-state index is 0.352. The van der Waals surface area contributed by atoms with E-state index < -0.39 is 11.7 Å². The first-order valence-corrected chi connectivity index (χ1v) is 8.50. The van der Waals surface area contributed by atoms with Gasteiger partial charge in [-0.15, -0.1) is 0 Å². The number of hydrogen-bond acceptors (Lipinski definition) is 4. The van der Waals surface area contributed by atoms with Crippen molar-refractivity contribution >= 4 is 17.5 Å². The summed E-state index contributed by atoms with van der Waals surface area (Å²) in [5.41, 5.74) is 1.90. The zero-order valence-corrected chi connectivity index (χ0v) is 14.9. The van der Waals surface area contributed by atoms with Crippen molar-refractivity contribution in [3.05, 3.63) is 65.7 Å². The third-order valence-electron chi connectivity index (χ3n) is 3.96. The molecule has 0 aliphatic rings. The predicted octanol–water partition coefficient (Wildman–Crippen LogP) is 5.65. The van der Waals surface area contributed by atoms with Crippen LogP contribution >= 0.6 is 0 Å². The Hall–Kier alpha value is -3.09. The van der Waals surface area contributed by atoms with E-state index in [-0.39, 0.29) is 0 Å². The molecule has 0 saturated heterocycles. The van der Waals surface area contributed by atoms with Crippen molar-refractivity contribution in [2.45, 2.75) is 20.0 Å². The molecule has 0 atom stereocenters. The van der Waals surface area contributed by atoms with Crippen molar-refractivity contribution < 1.29 is 13.2 Å². The van der Waals surface area contributed by atoms with Gasteiger partial charge in [0.15, 0.2) is 0 Å². The second-order valence-corrected chi connectivity index (χ2v) is 6.01. The molecule has 1 heterocycles. The maximum atomic E-state index is 13.0. The van der Waals surface area contributed by atoms with Crippen molar-refractivity contribution in [2.75, 3.05) is 17.2 Å². The van der Waals surface area contributed by atoms with Gasteiger partial charge in [0.2, 0.25) is 5.95 Å². The van der Waals surface area contributed by atoms with E-state index in [9.17, 15) is 13.2 Å². The molecule has 0 spiro atoms. The number of anilines is 3. The number of aromatic nitrogens is 2. The number of halogens is 3. The molecule has 0 saturated carbocycles. The van der Waals surface area contributed by atoms with Crippen molar-refractivity contribution in [1.29, 1.82) is 0 Å². The number of benzene rings is 2. The van der Waals surface area contributed by atoms with Gasteiger partial charge in [-0.3, -0.25) is 0 Å². The predicted molar refractivity (Wildman–Crippen MR) is 101 cm³/mol. The van der Waals surface area contributed by atoms with Crippen LogP contribution in [0.25, 0.3) is 11.3 Å². The lowest BCUT2D eigenvalue weighted by Gasteiger charge is -2.14. The summed E-state index contributed by atoms with van der Waals surface area (Å²) in [6, 6.07) is 14.8. The molecule has 0 aliphatic carbocycles. The van der Waals surface area contributed by atoms with Gasteiger partial charge in [-0.1, -0.05) is 36.4 Å². The van der Waals surface area contributed by atoms with E-state index in [1.165, 1.54) is 6.07 Å². The molecule has 0 radical (unpaired) electrons. The first-order valence-electron chi connectivity index (χ1n) is 8.50. The Bertz CT molecular complexity index is 924. The Morgan fingerprint density at radius 1 is 0.963 bits per heavy atom. The second-order valence-electron chi connectivity index (χ2n) is 6.01. The molecule has 2 aromatic carbocycles. The fourth-order valence-corrected chi connectivity index (χ4v) is 2.58. The molecule has 0 amide bonds. The van der Waals surface area contributed by atoms with Crippen LogP contribution in [0.3, 0.4) is 0 Å². The van der Waals surface area contributed by atoms with E-state index in [0.717, 1.165) is 17.7 Å². The standard InChI is InChI=1S/C20H19F3N4/c1-3-24-19-26-17(14-7-5-4-6-8-14)12-18(27-19)25-16-11-15(20(21,22)23)10-9-13(16)2/h4-12H,3H2,1-2H3,(H2,24,25,26,27). The lowest BCUT2D eigenvalue weighted by Crippen LogP contribution is -2.08. The summed E-state index contributed by atoms with van der Waals surface area (Å²) in [5.74, 6) is 0.827. The van der Waals surface area contributed by atoms with Crippen LogP contribution in [-0.4, -0.2) is 16.5 Å². The maximum absolute atomic E-state index is 13.0. The molecule has 0 fully saturated rings. The van der Waals surface area contributed by atoms with Crippen LogP contribution in [0.4, 0.5) is 30.6 Å². The Balaban J connectivity index is 2.01. The van der Waals surface area contributed by atoms with Crippen LogP contribution in [0.2, 0.25) is 0 Å². The van der Waals surface area contributed by atoms with Gasteiger partial charge in [0, 0.05) is 23.9 Å². The van der Waals surface area contributed by atoms with E-state index in [1.807, 2.05) is 37.3 Å². The fraction of sp³-hybridized carbons (Fsp3) is 0.200. The molecule has 0 unspecified atom stereocenters. The maximum Gasteiger partial charge on any atom is 0.416 e. The monoisotopic (exact) mass is 372 g/mol. The van der Waals surface area contributed by atoms with Gasteiger partial charge >= 0.3 is 6.18 Å². The van der Waals surface area contributed by atoms with Crippen LogP contribution in [0.5, 0.6) is 0 Å². The third-order valence-corrected chi connectivity index (χ3v) is 3.96. The van der Waals surface area contributed by atoms with Gasteiger partial charge in [0.25, 0.3) is 0 Å². The van der Waals surface area contributed by atoms with Crippen molar-refractivity contribution in [1.82, 2.24) is 9.97 Å². The molecule has 7 heteroatoms. The zero-order valence-electron chi connectivity index (χ0n) is 14.9. The number of hydrogen-bond donors (Lipinski definition) is 2. The van der Waals surface area contributed by atoms with E-state index in [2.05, 4.69) is 20.6 Å². The molecule has 3 rings (SSSR count). The van der Waals surface area contributed by atoms with E-state index in [0.29, 0.717) is 35.3 Å². The van der Waals surface area contributed by atoms with Gasteiger partial charge in [-0.2, -0.15) is 18.2 Å². The smallest absolute Gasteiger partial charge is 0.354 e. The van der Waals surface area contributed by atoms with E-state index in [1.54, 1.807) is 13.0 Å². The zero-order chi connectivity index (χ0) is 19.4. The summed E-state index contributed by atoms with van der Waals surface area (Å²) in [5, 5.41) is 6.05. The highest BCUT2D eigenvalue weighted by molar-refractivity contribution is 5.68. The average molecular weight is 372 g/mol. The summed E-state index contributed by atoms with van der Waals surface area (Å²) < 4.78 is 39.1. The van der Waals surface area contributed by atoms with Gasteiger partial charge in [0.05, 0.1) is 11.3 Å². The van der Waals surface area contributed by atoms with Gasteiger partial charge in [0.1, 0.15) is 5.82 Å². The first kappa shape index (κ1) is 18.7. The molecule has 140 valence electrons. The van der Waals surface area contributed by atoms with Crippen molar-refractivity contribution in [3.8, 4) is 11.3 Å². The quantitative estimate of drug-likeness (QED) is 0.608. The number of nitrogens with one attached hydrogen (secondary N) is 2. The van der Waals surface area contributed by atoms with Crippen LogP contribution in [0.15, 0.2) is 54.6 Å². The Morgan fingerprint density at radius 2 is 1.70 bits per heavy atom. The summed E-state index contributed by atoms with van der Waals surface area (Å²) in [6.45, 7) is 4.29. The molecular weight excluding hydrogens is 353 g/mol. The minimum atomic E-state index is -4.40. The molecular formula is C20H19F3N4. The summed E-state index contributed by atoms with van der Waals surface area (Å²) in [4.78, 5) is 8.83. The SMILES string of the molecule is CCNc1nc(Nc2cc(C(F)(F)F)ccc2C)cc(-c2ccccc2)n1. The van der Waals surface area contributed by atoms with Crippen LogP contribution < -0.4 is 10.6 Å². The van der Waals surface area contributed by atoms with E-state index in [4.69, 9.17) is 0 Å². The third kappa shape index (κ3) is 4.55. The van der Waals surface area contributed by atoms with Gasteiger partial charge < -0.3 is 10.6 Å². The van der Waals surface area contributed by atoms with Crippen molar-refractivity contribution in [2.24, 2.45) is 0 Å². The number of alkyl halides is 3. The van der Waals surface area contributed by atoms with E-state index >= 15 is 0 Å². The summed E-state index contributed by atoms with van der Waals surface area (Å²) in [7, 11) is 0. The highest BCUT2D eigenvalue weighted by Gasteiger charge is 2.30. The number of rotatable bonds is 5. The Labute approximate surface area is 155 Å². The topological polar surface area (TPSA) is 49.8 Å². The van der Waals surface area contributed by atoms with Crippen LogP contribution in [0.1, 0.15) is 18.1 Å². The lowest BCUT2D eigenvalue weighted by atomic mass is 10.1. The summed E-state index contributed by atoms with van der Waals surface area (Å²) in [6.07, 6.45) is -4.40. The molecule has 0 bridgehead atoms. The normalized spacial score (nSPS) is 11.3. The molecule has 1 aromatic heterocycles. The average Bonchev–Trinajstić information content (AvgIpc) is 2.63. The summed E-state index contributed by atoms with van der Waals surface area (Å²) >= 11 is 0. The molecule has 3 aromatic rings. The molecule has 27 heavy (non-hydrogen) atoms. The van der Waals surface area contributed by atoms with Crippen LogP contribution in [-0.2, 0) is 6.18 Å². The Morgan fingerprint density at radius 3 is 2.37 bits per heavy atom. The minimum Gasteiger partial charge on any atom is -0.354 e. The second kappa shape index (κ2) is 7.65. The molecule has 4 nitrogen and oxygen atoms in total. The van der Waals surface area contributed by atoms with Crippen LogP contribution in [0, 0.1) is 6.92 Å². The van der Waals surface area contributed by atoms with Gasteiger partial charge in [-0.05, 0) is 31.5 Å². The number of aryl methyl sites for hydroxylation is 1. The highest BCUT2D eigenvalue weighted by Crippen LogP contribution is 2.33. The van der Waals surface area contributed by atoms with Gasteiger partial charge in [-0.25, -0.2) is 4.98 Å². The number of nitrogens with zero attached hydrogens (tertiary/aromatic N) is 2.